The molecule has 0 saturated carbocycles. The van der Waals surface area contributed by atoms with Gasteiger partial charge in [-0.15, -0.1) is 0 Å². The molecule has 1 amide bonds. The van der Waals surface area contributed by atoms with Gasteiger partial charge in [0.1, 0.15) is 0 Å². The molecule has 72 valence electrons. The summed E-state index contributed by atoms with van der Waals surface area (Å²) in [5.41, 5.74) is 5.42. The fourth-order valence-corrected chi connectivity index (χ4v) is 1.52. The van der Waals surface area contributed by atoms with Gasteiger partial charge in [-0.2, -0.15) is 11.8 Å². The van der Waals surface area contributed by atoms with Gasteiger partial charge in [0.15, 0.2) is 0 Å². The van der Waals surface area contributed by atoms with Crippen molar-refractivity contribution < 1.29 is 4.79 Å². The second kappa shape index (κ2) is 6.31. The lowest BCUT2D eigenvalue weighted by molar-refractivity contribution is -0.122. The molecule has 0 fully saturated rings. The van der Waals surface area contributed by atoms with Crippen LogP contribution in [0, 0.1) is 0 Å². The van der Waals surface area contributed by atoms with Crippen molar-refractivity contribution in [3.8, 4) is 0 Å². The molecule has 0 spiro atoms. The van der Waals surface area contributed by atoms with Crippen molar-refractivity contribution >= 4 is 17.7 Å². The van der Waals surface area contributed by atoms with Crippen molar-refractivity contribution in [3.63, 3.8) is 0 Å². The molecule has 0 aliphatic carbocycles. The molecule has 3 nitrogen and oxygen atoms in total. The zero-order valence-electron chi connectivity index (χ0n) is 7.96. The number of hydrogen-bond acceptors (Lipinski definition) is 3. The maximum Gasteiger partial charge on any atom is 0.236 e. The summed E-state index contributed by atoms with van der Waals surface area (Å²) in [6.45, 7) is 3.75. The van der Waals surface area contributed by atoms with Crippen molar-refractivity contribution in [1.82, 2.24) is 5.32 Å². The highest BCUT2D eigenvalue weighted by Gasteiger charge is 2.12. The van der Waals surface area contributed by atoms with Crippen molar-refractivity contribution in [2.24, 2.45) is 5.73 Å². The Morgan fingerprint density at radius 1 is 1.67 bits per heavy atom. The number of carbonyl (C=O) groups excluding carboxylic acids is 1. The third kappa shape index (κ3) is 4.62. The van der Waals surface area contributed by atoms with E-state index in [2.05, 4.69) is 12.2 Å². The molecule has 0 aromatic carbocycles. The third-order valence-corrected chi connectivity index (χ3v) is 2.36. The van der Waals surface area contributed by atoms with Gasteiger partial charge in [0, 0.05) is 11.8 Å². The Balaban J connectivity index is 3.77. The molecule has 12 heavy (non-hydrogen) atoms. The standard InChI is InChI=1S/C8H18N2OS/c1-4-7(5-12-3)10-8(11)6(2)9/h6-7H,4-5,9H2,1-3H3,(H,10,11). The van der Waals surface area contributed by atoms with Crippen molar-refractivity contribution in [1.29, 1.82) is 0 Å². The third-order valence-electron chi connectivity index (χ3n) is 1.62. The molecule has 0 heterocycles. The Bertz CT molecular complexity index is 139. The number of nitrogens with one attached hydrogen (secondary N) is 1. The highest BCUT2D eigenvalue weighted by Crippen LogP contribution is 2.00. The molecular weight excluding hydrogens is 172 g/mol. The van der Waals surface area contributed by atoms with Gasteiger partial charge in [-0.1, -0.05) is 6.92 Å². The quantitative estimate of drug-likeness (QED) is 0.667. The van der Waals surface area contributed by atoms with Crippen LogP contribution in [-0.2, 0) is 4.79 Å². The first kappa shape index (κ1) is 11.8. The molecule has 0 aromatic rings. The second-order valence-electron chi connectivity index (χ2n) is 2.86. The molecule has 2 atom stereocenters. The predicted molar refractivity (Wildman–Crippen MR) is 54.3 cm³/mol. The Kier molecular flexibility index (Phi) is 6.20. The Labute approximate surface area is 78.5 Å². The largest absolute Gasteiger partial charge is 0.351 e. The van der Waals surface area contributed by atoms with Crippen LogP contribution in [0.2, 0.25) is 0 Å². The maximum atomic E-state index is 11.1. The Hall–Kier alpha value is -0.220. The van der Waals surface area contributed by atoms with Gasteiger partial charge in [0.2, 0.25) is 5.91 Å². The van der Waals surface area contributed by atoms with Crippen LogP contribution in [0.1, 0.15) is 20.3 Å². The van der Waals surface area contributed by atoms with E-state index in [9.17, 15) is 4.79 Å². The van der Waals surface area contributed by atoms with Crippen LogP contribution in [0.4, 0.5) is 0 Å². The summed E-state index contributed by atoms with van der Waals surface area (Å²) in [5, 5.41) is 2.88. The number of thioether (sulfide) groups is 1. The van der Waals surface area contributed by atoms with Gasteiger partial charge in [-0.25, -0.2) is 0 Å². The molecular formula is C8H18N2OS. The van der Waals surface area contributed by atoms with E-state index in [-0.39, 0.29) is 11.9 Å². The Morgan fingerprint density at radius 3 is 2.58 bits per heavy atom. The minimum absolute atomic E-state index is 0.0594. The normalized spacial score (nSPS) is 15.3. The number of hydrogen-bond donors (Lipinski definition) is 2. The average Bonchev–Trinajstić information content (AvgIpc) is 2.03. The summed E-state index contributed by atoms with van der Waals surface area (Å²) in [7, 11) is 0. The average molecular weight is 190 g/mol. The first-order chi connectivity index (χ1) is 5.61. The van der Waals surface area contributed by atoms with Gasteiger partial charge >= 0.3 is 0 Å². The summed E-state index contributed by atoms with van der Waals surface area (Å²) in [6, 6.07) is -0.139. The van der Waals surface area contributed by atoms with Crippen LogP contribution >= 0.6 is 11.8 Å². The first-order valence-electron chi connectivity index (χ1n) is 4.16. The first-order valence-corrected chi connectivity index (χ1v) is 5.56. The molecule has 0 aliphatic heterocycles. The van der Waals surface area contributed by atoms with Crippen LogP contribution in [-0.4, -0.2) is 30.0 Å². The lowest BCUT2D eigenvalue weighted by atomic mass is 10.2. The molecule has 0 aliphatic rings. The van der Waals surface area contributed by atoms with Crippen LogP contribution in [0.25, 0.3) is 0 Å². The summed E-state index contributed by atoms with van der Waals surface area (Å²) >= 11 is 1.73. The number of nitrogens with two attached hydrogens (primary N) is 1. The van der Waals surface area contributed by atoms with Crippen LogP contribution in [0.15, 0.2) is 0 Å². The van der Waals surface area contributed by atoms with E-state index >= 15 is 0 Å². The fourth-order valence-electron chi connectivity index (χ4n) is 0.795. The summed E-state index contributed by atoms with van der Waals surface area (Å²) in [5.74, 6) is 0.894. The zero-order valence-corrected chi connectivity index (χ0v) is 8.78. The lowest BCUT2D eigenvalue weighted by Gasteiger charge is -2.16. The number of rotatable bonds is 5. The molecule has 0 saturated heterocycles. The molecule has 2 unspecified atom stereocenters. The van der Waals surface area contributed by atoms with Crippen LogP contribution < -0.4 is 11.1 Å². The van der Waals surface area contributed by atoms with Gasteiger partial charge in [-0.3, -0.25) is 4.79 Å². The fraction of sp³-hybridized carbons (Fsp3) is 0.875. The van der Waals surface area contributed by atoms with Crippen LogP contribution in [0.5, 0.6) is 0 Å². The summed E-state index contributed by atoms with van der Waals surface area (Å²) in [6.07, 6.45) is 2.99. The summed E-state index contributed by atoms with van der Waals surface area (Å²) < 4.78 is 0. The molecule has 4 heteroatoms. The predicted octanol–water partition coefficient (Wildman–Crippen LogP) is 0.591. The highest BCUT2D eigenvalue weighted by atomic mass is 32.2. The second-order valence-corrected chi connectivity index (χ2v) is 3.77. The van der Waals surface area contributed by atoms with Crippen LogP contribution in [0.3, 0.4) is 0 Å². The van der Waals surface area contributed by atoms with E-state index in [0.717, 1.165) is 12.2 Å². The Morgan fingerprint density at radius 2 is 2.25 bits per heavy atom. The van der Waals surface area contributed by atoms with Crippen molar-refractivity contribution in [2.75, 3.05) is 12.0 Å². The molecule has 0 rings (SSSR count). The maximum absolute atomic E-state index is 11.1. The topological polar surface area (TPSA) is 55.1 Å². The van der Waals surface area contributed by atoms with Gasteiger partial charge in [0.25, 0.3) is 0 Å². The van der Waals surface area contributed by atoms with E-state index in [1.807, 2.05) is 6.26 Å². The van der Waals surface area contributed by atoms with E-state index in [4.69, 9.17) is 5.73 Å². The molecule has 0 radical (unpaired) electrons. The number of carbonyl (C=O) groups is 1. The van der Waals surface area contributed by atoms with Crippen molar-refractivity contribution in [3.05, 3.63) is 0 Å². The lowest BCUT2D eigenvalue weighted by Crippen LogP contribution is -2.44. The highest BCUT2D eigenvalue weighted by molar-refractivity contribution is 7.98. The summed E-state index contributed by atoms with van der Waals surface area (Å²) in [4.78, 5) is 11.1. The number of amides is 1. The zero-order chi connectivity index (χ0) is 9.56. The minimum atomic E-state index is -0.402. The van der Waals surface area contributed by atoms with E-state index in [1.54, 1.807) is 18.7 Å². The van der Waals surface area contributed by atoms with Gasteiger partial charge < -0.3 is 11.1 Å². The van der Waals surface area contributed by atoms with Gasteiger partial charge in [-0.05, 0) is 19.6 Å². The van der Waals surface area contributed by atoms with E-state index < -0.39 is 6.04 Å². The van der Waals surface area contributed by atoms with E-state index in [0.29, 0.717) is 0 Å². The molecule has 0 aromatic heterocycles. The molecule has 3 N–H and O–H groups in total. The van der Waals surface area contributed by atoms with Crippen molar-refractivity contribution in [2.45, 2.75) is 32.4 Å². The molecule has 0 bridgehead atoms. The van der Waals surface area contributed by atoms with E-state index in [1.165, 1.54) is 0 Å². The smallest absolute Gasteiger partial charge is 0.236 e. The SMILES string of the molecule is CCC(CSC)NC(=O)C(C)N. The minimum Gasteiger partial charge on any atom is -0.351 e. The monoisotopic (exact) mass is 190 g/mol. The van der Waals surface area contributed by atoms with Gasteiger partial charge in [0.05, 0.1) is 6.04 Å².